The van der Waals surface area contributed by atoms with Gasteiger partial charge < -0.3 is 15.1 Å². The fourth-order valence-corrected chi connectivity index (χ4v) is 3.13. The molecular formula is C22H25N3O2S. The second kappa shape index (κ2) is 8.52. The maximum absolute atomic E-state index is 11.8. The van der Waals surface area contributed by atoms with Gasteiger partial charge in [-0.1, -0.05) is 26.0 Å². The summed E-state index contributed by atoms with van der Waals surface area (Å²) >= 11 is 5.19. The maximum Gasteiger partial charge on any atom is 0.226 e. The zero-order chi connectivity index (χ0) is 20.3. The van der Waals surface area contributed by atoms with Gasteiger partial charge in [-0.3, -0.25) is 4.79 Å². The molecule has 0 aliphatic heterocycles. The summed E-state index contributed by atoms with van der Waals surface area (Å²) in [6.07, 6.45) is 1.06. The number of oxazole rings is 1. The molecule has 0 atom stereocenters. The zero-order valence-corrected chi connectivity index (χ0v) is 17.4. The Morgan fingerprint density at radius 2 is 1.82 bits per heavy atom. The number of rotatable bonds is 5. The first-order valence-corrected chi connectivity index (χ1v) is 9.77. The summed E-state index contributed by atoms with van der Waals surface area (Å²) in [5, 5.41) is 6.03. The number of hydrogen-bond acceptors (Lipinski definition) is 4. The maximum atomic E-state index is 11.8. The van der Waals surface area contributed by atoms with Crippen LogP contribution >= 0.6 is 12.2 Å². The Labute approximate surface area is 170 Å². The van der Waals surface area contributed by atoms with Gasteiger partial charge in [-0.15, -0.1) is 0 Å². The molecule has 3 rings (SSSR count). The Hall–Kier alpha value is -2.73. The molecule has 146 valence electrons. The number of carbonyl (C=O) groups excluding carboxylic acids is 1. The molecule has 0 saturated carbocycles. The number of amides is 1. The third-order valence-corrected chi connectivity index (χ3v) is 4.67. The number of hydrogen-bond donors (Lipinski definition) is 2. The van der Waals surface area contributed by atoms with Gasteiger partial charge in [-0.05, 0) is 72.9 Å². The third-order valence-electron chi connectivity index (χ3n) is 4.46. The van der Waals surface area contributed by atoms with Crippen LogP contribution in [-0.2, 0) is 11.2 Å². The average Bonchev–Trinajstić information content (AvgIpc) is 2.97. The lowest BCUT2D eigenvalue weighted by Crippen LogP contribution is -2.34. The summed E-state index contributed by atoms with van der Waals surface area (Å²) in [7, 11) is 0. The van der Waals surface area contributed by atoms with Crippen molar-refractivity contribution >= 4 is 40.0 Å². The molecule has 5 nitrogen and oxygen atoms in total. The number of carbonyl (C=O) groups is 1. The highest BCUT2D eigenvalue weighted by Crippen LogP contribution is 2.22. The van der Waals surface area contributed by atoms with E-state index in [0.29, 0.717) is 29.8 Å². The first-order valence-electron chi connectivity index (χ1n) is 9.36. The summed E-state index contributed by atoms with van der Waals surface area (Å²) in [6.45, 7) is 8.13. The van der Waals surface area contributed by atoms with Crippen molar-refractivity contribution in [2.75, 3.05) is 5.32 Å². The van der Waals surface area contributed by atoms with E-state index >= 15 is 0 Å². The second-order valence-corrected chi connectivity index (χ2v) is 7.89. The summed E-state index contributed by atoms with van der Waals surface area (Å²) in [6, 6.07) is 11.9. The normalized spacial score (nSPS) is 11.0. The fraction of sp³-hybridized carbons (Fsp3) is 0.318. The van der Waals surface area contributed by atoms with Crippen molar-refractivity contribution in [1.29, 1.82) is 0 Å². The number of thiocarbonyl (C=S) groups is 1. The van der Waals surface area contributed by atoms with Crippen molar-refractivity contribution in [1.82, 2.24) is 10.3 Å². The second-order valence-electron chi connectivity index (χ2n) is 7.49. The molecule has 28 heavy (non-hydrogen) atoms. The first kappa shape index (κ1) is 20.0. The van der Waals surface area contributed by atoms with Crippen LogP contribution in [0.3, 0.4) is 0 Å². The Morgan fingerprint density at radius 1 is 1.14 bits per heavy atom. The summed E-state index contributed by atoms with van der Waals surface area (Å²) in [5.41, 5.74) is 6.02. The molecule has 0 aliphatic rings. The summed E-state index contributed by atoms with van der Waals surface area (Å²) in [4.78, 5) is 16.4. The van der Waals surface area contributed by atoms with E-state index in [4.69, 9.17) is 16.6 Å². The van der Waals surface area contributed by atoms with Crippen LogP contribution in [-0.4, -0.2) is 16.0 Å². The molecule has 0 unspecified atom stereocenters. The lowest BCUT2D eigenvalue weighted by atomic mass is 10.1. The van der Waals surface area contributed by atoms with E-state index in [1.54, 1.807) is 0 Å². The number of nitrogens with one attached hydrogen (secondary N) is 2. The average molecular weight is 396 g/mol. The van der Waals surface area contributed by atoms with E-state index in [1.165, 1.54) is 11.1 Å². The minimum absolute atomic E-state index is 0.0782. The molecule has 0 fully saturated rings. The zero-order valence-electron chi connectivity index (χ0n) is 16.6. The van der Waals surface area contributed by atoms with Gasteiger partial charge in [0, 0.05) is 18.5 Å². The van der Waals surface area contributed by atoms with Crippen LogP contribution in [0.5, 0.6) is 0 Å². The quantitative estimate of drug-likeness (QED) is 0.602. The van der Waals surface area contributed by atoms with E-state index in [1.807, 2.05) is 44.2 Å². The van der Waals surface area contributed by atoms with Crippen LogP contribution in [0.1, 0.15) is 42.8 Å². The monoisotopic (exact) mass is 395 g/mol. The Balaban J connectivity index is 1.61. The third kappa shape index (κ3) is 5.16. The molecule has 2 N–H and O–H groups in total. The molecule has 0 bridgehead atoms. The molecule has 1 amide bonds. The minimum Gasteiger partial charge on any atom is -0.440 e. The van der Waals surface area contributed by atoms with E-state index in [0.717, 1.165) is 22.4 Å². The van der Waals surface area contributed by atoms with Crippen molar-refractivity contribution in [3.63, 3.8) is 0 Å². The van der Waals surface area contributed by atoms with Crippen LogP contribution in [0.2, 0.25) is 0 Å². The number of aromatic nitrogens is 1. The fourth-order valence-electron chi connectivity index (χ4n) is 2.89. The number of nitrogens with zero attached hydrogens (tertiary/aromatic N) is 1. The lowest BCUT2D eigenvalue weighted by Gasteiger charge is -2.11. The van der Waals surface area contributed by atoms with Crippen LogP contribution in [0.25, 0.3) is 11.1 Å². The van der Waals surface area contributed by atoms with Gasteiger partial charge in [0.2, 0.25) is 5.91 Å². The standard InChI is InChI=1S/C22H25N3O2S/c1-13(2)9-20(26)25-22(28)23-17-7-5-16(6-8-17)12-21-24-18-10-14(3)15(4)11-19(18)27-21/h5-8,10-11,13H,9,12H2,1-4H3,(H2,23,25,26,28). The predicted molar refractivity (Wildman–Crippen MR) is 117 cm³/mol. The van der Waals surface area contributed by atoms with Gasteiger partial charge in [0.05, 0.1) is 0 Å². The van der Waals surface area contributed by atoms with Gasteiger partial charge in [0.15, 0.2) is 16.6 Å². The Morgan fingerprint density at radius 3 is 2.50 bits per heavy atom. The molecule has 0 radical (unpaired) electrons. The van der Waals surface area contributed by atoms with Crippen molar-refractivity contribution in [3.8, 4) is 0 Å². The first-order chi connectivity index (χ1) is 13.3. The van der Waals surface area contributed by atoms with Crippen LogP contribution in [0.4, 0.5) is 5.69 Å². The van der Waals surface area contributed by atoms with E-state index in [-0.39, 0.29) is 5.91 Å². The molecule has 3 aromatic rings. The van der Waals surface area contributed by atoms with Crippen molar-refractivity contribution in [3.05, 3.63) is 59.0 Å². The molecule has 0 spiro atoms. The van der Waals surface area contributed by atoms with E-state index < -0.39 is 0 Å². The summed E-state index contributed by atoms with van der Waals surface area (Å²) < 4.78 is 5.88. The topological polar surface area (TPSA) is 67.2 Å². The lowest BCUT2D eigenvalue weighted by molar-refractivity contribution is -0.120. The molecule has 6 heteroatoms. The van der Waals surface area contributed by atoms with Crippen molar-refractivity contribution in [2.45, 2.75) is 40.5 Å². The van der Waals surface area contributed by atoms with Crippen molar-refractivity contribution in [2.24, 2.45) is 5.92 Å². The van der Waals surface area contributed by atoms with Gasteiger partial charge in [-0.2, -0.15) is 0 Å². The Bertz CT molecular complexity index is 968. The van der Waals surface area contributed by atoms with Gasteiger partial charge in [-0.25, -0.2) is 4.98 Å². The molecular weight excluding hydrogens is 370 g/mol. The molecule has 0 saturated heterocycles. The van der Waals surface area contributed by atoms with Gasteiger partial charge >= 0.3 is 0 Å². The van der Waals surface area contributed by atoms with E-state index in [2.05, 4.69) is 35.5 Å². The minimum atomic E-state index is -0.0782. The highest BCUT2D eigenvalue weighted by molar-refractivity contribution is 7.80. The number of fused-ring (bicyclic) bond motifs is 1. The molecule has 1 aromatic heterocycles. The van der Waals surface area contributed by atoms with Crippen molar-refractivity contribution < 1.29 is 9.21 Å². The highest BCUT2D eigenvalue weighted by atomic mass is 32.1. The summed E-state index contributed by atoms with van der Waals surface area (Å²) in [5.74, 6) is 0.907. The Kier molecular flexibility index (Phi) is 6.09. The smallest absolute Gasteiger partial charge is 0.226 e. The number of benzene rings is 2. The highest BCUT2D eigenvalue weighted by Gasteiger charge is 2.10. The number of aryl methyl sites for hydroxylation is 2. The molecule has 0 aliphatic carbocycles. The van der Waals surface area contributed by atoms with Gasteiger partial charge in [0.25, 0.3) is 0 Å². The molecule has 1 heterocycles. The van der Waals surface area contributed by atoms with E-state index in [9.17, 15) is 4.79 Å². The molecule has 2 aromatic carbocycles. The van der Waals surface area contributed by atoms with Crippen LogP contribution < -0.4 is 10.6 Å². The van der Waals surface area contributed by atoms with Crippen LogP contribution in [0, 0.1) is 19.8 Å². The largest absolute Gasteiger partial charge is 0.440 e. The van der Waals surface area contributed by atoms with Gasteiger partial charge in [0.1, 0.15) is 5.52 Å². The van der Waals surface area contributed by atoms with Crippen LogP contribution in [0.15, 0.2) is 40.8 Å². The predicted octanol–water partition coefficient (Wildman–Crippen LogP) is 4.89. The number of anilines is 1. The SMILES string of the molecule is Cc1cc2nc(Cc3ccc(NC(=S)NC(=O)CC(C)C)cc3)oc2cc1C.